The first-order valence-corrected chi connectivity index (χ1v) is 5.94. The van der Waals surface area contributed by atoms with Gasteiger partial charge in [-0.25, -0.2) is 0 Å². The molecule has 0 radical (unpaired) electrons. The monoisotopic (exact) mass is 238 g/mol. The lowest BCUT2D eigenvalue weighted by atomic mass is 10.1. The number of benzene rings is 1. The van der Waals surface area contributed by atoms with Crippen LogP contribution in [0.3, 0.4) is 0 Å². The van der Waals surface area contributed by atoms with Gasteiger partial charge in [-0.1, -0.05) is 29.8 Å². The van der Waals surface area contributed by atoms with Gasteiger partial charge >= 0.3 is 0 Å². The Labute approximate surface area is 96.7 Å². The topological polar surface area (TPSA) is 69.2 Å². The molecule has 0 aliphatic carbocycles. The van der Waals surface area contributed by atoms with Crippen LogP contribution in [0.15, 0.2) is 36.9 Å². The molecule has 16 heavy (non-hydrogen) atoms. The van der Waals surface area contributed by atoms with Gasteiger partial charge in [0.1, 0.15) is 0 Å². The van der Waals surface area contributed by atoms with E-state index in [1.165, 1.54) is 6.08 Å². The summed E-state index contributed by atoms with van der Waals surface area (Å²) in [5, 5.41) is 2.60. The second-order valence-electron chi connectivity index (χ2n) is 3.15. The molecule has 0 saturated carbocycles. The van der Waals surface area contributed by atoms with Gasteiger partial charge in [0.15, 0.2) is 0 Å². The first kappa shape index (κ1) is 12.6. The number of rotatable bonds is 5. The van der Waals surface area contributed by atoms with Crippen LogP contribution < -0.4 is 5.32 Å². The zero-order chi connectivity index (χ0) is 12.0. The Hall–Kier alpha value is -1.46. The molecule has 0 aliphatic heterocycles. The normalized spacial score (nSPS) is 11.8. The van der Waals surface area contributed by atoms with Gasteiger partial charge in [-0.3, -0.25) is 9.00 Å². The Balaban J connectivity index is 2.57. The molecule has 0 aliphatic rings. The quantitative estimate of drug-likeness (QED) is 0.619. The molecule has 0 saturated heterocycles. The van der Waals surface area contributed by atoms with E-state index in [4.69, 9.17) is 0 Å². The van der Waals surface area contributed by atoms with E-state index in [1.807, 2.05) is 0 Å². The summed E-state index contributed by atoms with van der Waals surface area (Å²) in [5.41, 5.74) is 1.58. The fraction of sp³-hybridized carbons (Fsp3) is 0.182. The fourth-order valence-corrected chi connectivity index (χ4v) is 1.55. The van der Waals surface area contributed by atoms with E-state index in [2.05, 4.69) is 11.9 Å². The summed E-state index contributed by atoms with van der Waals surface area (Å²) >= 11 is -2.01. The van der Waals surface area contributed by atoms with Crippen LogP contribution in [-0.2, 0) is 22.3 Å². The molecule has 1 aromatic carbocycles. The minimum Gasteiger partial charge on any atom is -0.772 e. The van der Waals surface area contributed by atoms with Crippen molar-refractivity contribution < 1.29 is 13.6 Å². The van der Waals surface area contributed by atoms with Gasteiger partial charge < -0.3 is 9.87 Å². The molecular weight excluding hydrogens is 226 g/mol. The average molecular weight is 238 g/mol. The van der Waals surface area contributed by atoms with E-state index in [0.29, 0.717) is 12.1 Å². The highest BCUT2D eigenvalue weighted by molar-refractivity contribution is 7.79. The van der Waals surface area contributed by atoms with Crippen molar-refractivity contribution in [2.75, 3.05) is 11.1 Å². The van der Waals surface area contributed by atoms with Crippen LogP contribution in [0.2, 0.25) is 0 Å². The smallest absolute Gasteiger partial charge is 0.247 e. The van der Waals surface area contributed by atoms with Crippen LogP contribution in [0.1, 0.15) is 5.56 Å². The van der Waals surface area contributed by atoms with Crippen molar-refractivity contribution in [1.82, 2.24) is 0 Å². The fourth-order valence-electron chi connectivity index (χ4n) is 1.15. The number of hydrogen-bond donors (Lipinski definition) is 1. The van der Waals surface area contributed by atoms with Crippen molar-refractivity contribution in [3.8, 4) is 0 Å². The summed E-state index contributed by atoms with van der Waals surface area (Å²) in [6.07, 6.45) is 1.67. The molecule has 0 aromatic heterocycles. The second-order valence-corrected chi connectivity index (χ2v) is 4.16. The van der Waals surface area contributed by atoms with Crippen LogP contribution in [0.5, 0.6) is 0 Å². The molecule has 1 unspecified atom stereocenters. The van der Waals surface area contributed by atoms with Gasteiger partial charge in [-0.15, -0.1) is 0 Å². The van der Waals surface area contributed by atoms with Crippen molar-refractivity contribution >= 4 is 22.7 Å². The zero-order valence-electron chi connectivity index (χ0n) is 8.64. The summed E-state index contributed by atoms with van der Waals surface area (Å²) in [4.78, 5) is 11.0. The molecule has 1 N–H and O–H groups in total. The Morgan fingerprint density at radius 3 is 2.56 bits per heavy atom. The standard InChI is InChI=1S/C11H13NO3S/c1-2-11(13)12-10-5-3-9(4-6-10)7-8-16(14)15/h2-6H,1,7-8H2,(H,12,13)(H,14,15)/p-1. The molecular formula is C11H12NO3S-. The van der Waals surface area contributed by atoms with E-state index in [-0.39, 0.29) is 11.7 Å². The Bertz CT molecular complexity index is 400. The molecule has 1 aromatic rings. The van der Waals surface area contributed by atoms with Crippen LogP contribution in [0, 0.1) is 0 Å². The predicted molar refractivity (Wildman–Crippen MR) is 62.8 cm³/mol. The first-order valence-electron chi connectivity index (χ1n) is 4.70. The molecule has 1 rings (SSSR count). The first-order chi connectivity index (χ1) is 7.61. The van der Waals surface area contributed by atoms with E-state index in [1.54, 1.807) is 24.3 Å². The number of nitrogens with one attached hydrogen (secondary N) is 1. The summed E-state index contributed by atoms with van der Waals surface area (Å²) in [7, 11) is 0. The highest BCUT2D eigenvalue weighted by atomic mass is 32.2. The van der Waals surface area contributed by atoms with Crippen molar-refractivity contribution in [3.63, 3.8) is 0 Å². The van der Waals surface area contributed by atoms with Crippen LogP contribution in [0.25, 0.3) is 0 Å². The molecule has 5 heteroatoms. The number of carbonyl (C=O) groups is 1. The number of hydrogen-bond acceptors (Lipinski definition) is 3. The van der Waals surface area contributed by atoms with Crippen molar-refractivity contribution in [2.24, 2.45) is 0 Å². The maximum absolute atomic E-state index is 11.0. The lowest BCUT2D eigenvalue weighted by Gasteiger charge is -2.06. The van der Waals surface area contributed by atoms with Gasteiger partial charge in [-0.05, 0) is 30.2 Å². The molecule has 4 nitrogen and oxygen atoms in total. The van der Waals surface area contributed by atoms with Gasteiger partial charge in [0, 0.05) is 11.4 Å². The largest absolute Gasteiger partial charge is 0.772 e. The third-order valence-corrected chi connectivity index (χ3v) is 2.50. The Morgan fingerprint density at radius 2 is 2.06 bits per heavy atom. The van der Waals surface area contributed by atoms with Gasteiger partial charge in [0.2, 0.25) is 5.91 Å². The Kier molecular flexibility index (Phi) is 4.88. The molecule has 0 heterocycles. The summed E-state index contributed by atoms with van der Waals surface area (Å²) in [6, 6.07) is 7.02. The minimum absolute atomic E-state index is 0.109. The highest BCUT2D eigenvalue weighted by Gasteiger charge is 1.97. The molecule has 1 atom stereocenters. The van der Waals surface area contributed by atoms with Crippen LogP contribution >= 0.6 is 0 Å². The average Bonchev–Trinajstić information content (AvgIpc) is 2.28. The summed E-state index contributed by atoms with van der Waals surface area (Å²) in [5.74, 6) is -0.161. The molecule has 1 amide bonds. The van der Waals surface area contributed by atoms with Gasteiger partial charge in [-0.2, -0.15) is 0 Å². The van der Waals surface area contributed by atoms with E-state index < -0.39 is 11.1 Å². The van der Waals surface area contributed by atoms with Crippen LogP contribution in [-0.4, -0.2) is 20.4 Å². The van der Waals surface area contributed by atoms with E-state index in [0.717, 1.165) is 5.56 Å². The third-order valence-electron chi connectivity index (χ3n) is 1.96. The molecule has 86 valence electrons. The predicted octanol–water partition coefficient (Wildman–Crippen LogP) is 1.23. The van der Waals surface area contributed by atoms with E-state index >= 15 is 0 Å². The SMILES string of the molecule is C=CC(=O)Nc1ccc(CCS(=O)[O-])cc1. The zero-order valence-corrected chi connectivity index (χ0v) is 9.46. The Morgan fingerprint density at radius 1 is 1.44 bits per heavy atom. The van der Waals surface area contributed by atoms with Gasteiger partial charge in [0.25, 0.3) is 0 Å². The van der Waals surface area contributed by atoms with Gasteiger partial charge in [0.05, 0.1) is 0 Å². The maximum Gasteiger partial charge on any atom is 0.247 e. The van der Waals surface area contributed by atoms with E-state index in [9.17, 15) is 13.6 Å². The summed E-state index contributed by atoms with van der Waals surface area (Å²) < 4.78 is 20.7. The lowest BCUT2D eigenvalue weighted by molar-refractivity contribution is -0.111. The number of anilines is 1. The highest BCUT2D eigenvalue weighted by Crippen LogP contribution is 2.10. The lowest BCUT2D eigenvalue weighted by Crippen LogP contribution is -2.07. The molecule has 0 spiro atoms. The number of aryl methyl sites for hydroxylation is 1. The molecule has 0 bridgehead atoms. The van der Waals surface area contributed by atoms with Crippen molar-refractivity contribution in [2.45, 2.75) is 6.42 Å². The molecule has 0 fully saturated rings. The summed E-state index contributed by atoms with van der Waals surface area (Å²) in [6.45, 7) is 3.34. The van der Waals surface area contributed by atoms with Crippen molar-refractivity contribution in [1.29, 1.82) is 0 Å². The van der Waals surface area contributed by atoms with Crippen LogP contribution in [0.4, 0.5) is 5.69 Å². The number of amides is 1. The third kappa shape index (κ3) is 4.37. The number of carbonyl (C=O) groups excluding carboxylic acids is 1. The maximum atomic E-state index is 11.0. The minimum atomic E-state index is -2.01. The van der Waals surface area contributed by atoms with Crippen molar-refractivity contribution in [3.05, 3.63) is 42.5 Å². The second kappa shape index (κ2) is 6.19.